The van der Waals surface area contributed by atoms with Crippen LogP contribution in [-0.4, -0.2) is 27.4 Å². The number of amides is 1. The normalized spacial score (nSPS) is 10.9. The maximum absolute atomic E-state index is 12.4. The van der Waals surface area contributed by atoms with E-state index in [1.54, 1.807) is 24.2 Å². The van der Waals surface area contributed by atoms with Gasteiger partial charge >= 0.3 is 0 Å². The number of aromatic nitrogens is 2. The molecule has 0 saturated heterocycles. The lowest BCUT2D eigenvalue weighted by atomic mass is 10.1. The third-order valence-corrected chi connectivity index (χ3v) is 4.19. The molecule has 2 aromatic heterocycles. The van der Waals surface area contributed by atoms with E-state index in [0.717, 1.165) is 22.2 Å². The van der Waals surface area contributed by atoms with Crippen molar-refractivity contribution in [1.82, 2.24) is 14.5 Å². The highest BCUT2D eigenvalue weighted by molar-refractivity contribution is 5.96. The minimum absolute atomic E-state index is 0.0792. The van der Waals surface area contributed by atoms with Gasteiger partial charge in [0.2, 0.25) is 5.91 Å². The standard InChI is InChI=1S/C21H20N4O/c1-24(16-18-7-4-5-13-23-18)21(26)11-10-17-15-25(14-6-12-22)20-9-3-2-8-19(17)20/h2-5,7-11,13,15H,6,14,16H2,1H3. The summed E-state index contributed by atoms with van der Waals surface area (Å²) in [5, 5.41) is 9.90. The summed E-state index contributed by atoms with van der Waals surface area (Å²) < 4.78 is 2.06. The van der Waals surface area contributed by atoms with E-state index in [4.69, 9.17) is 5.26 Å². The molecule has 0 aliphatic heterocycles. The number of fused-ring (bicyclic) bond motifs is 1. The first-order valence-corrected chi connectivity index (χ1v) is 8.47. The Balaban J connectivity index is 1.77. The van der Waals surface area contributed by atoms with Crippen molar-refractivity contribution in [2.75, 3.05) is 7.05 Å². The number of carbonyl (C=O) groups is 1. The minimum atomic E-state index is -0.0792. The first kappa shape index (κ1) is 17.4. The zero-order valence-corrected chi connectivity index (χ0v) is 14.7. The molecule has 0 bridgehead atoms. The Bertz CT molecular complexity index is 967. The van der Waals surface area contributed by atoms with Crippen molar-refractivity contribution < 1.29 is 4.79 Å². The molecule has 0 aliphatic carbocycles. The smallest absolute Gasteiger partial charge is 0.246 e. The fourth-order valence-corrected chi connectivity index (χ4v) is 2.86. The van der Waals surface area contributed by atoms with Crippen LogP contribution in [0.1, 0.15) is 17.7 Å². The second kappa shape index (κ2) is 8.13. The number of nitriles is 1. The van der Waals surface area contributed by atoms with Crippen LogP contribution in [0.25, 0.3) is 17.0 Å². The summed E-state index contributed by atoms with van der Waals surface area (Å²) in [6.45, 7) is 1.10. The van der Waals surface area contributed by atoms with E-state index in [-0.39, 0.29) is 5.91 Å². The summed E-state index contributed by atoms with van der Waals surface area (Å²) in [5.41, 5.74) is 2.89. The van der Waals surface area contributed by atoms with Gasteiger partial charge in [0.05, 0.1) is 24.7 Å². The van der Waals surface area contributed by atoms with E-state index in [2.05, 4.69) is 15.6 Å². The number of carbonyl (C=O) groups excluding carboxylic acids is 1. The van der Waals surface area contributed by atoms with Crippen molar-refractivity contribution in [3.8, 4) is 6.07 Å². The first-order chi connectivity index (χ1) is 12.7. The third kappa shape index (κ3) is 3.98. The van der Waals surface area contributed by atoms with Gasteiger partial charge in [-0.05, 0) is 24.3 Å². The average molecular weight is 344 g/mol. The van der Waals surface area contributed by atoms with Gasteiger partial charge in [0, 0.05) is 48.5 Å². The van der Waals surface area contributed by atoms with Crippen LogP contribution >= 0.6 is 0 Å². The van der Waals surface area contributed by atoms with Gasteiger partial charge in [0.1, 0.15) is 0 Å². The van der Waals surface area contributed by atoms with Gasteiger partial charge in [-0.2, -0.15) is 5.26 Å². The Morgan fingerprint density at radius 3 is 2.85 bits per heavy atom. The number of hydrogen-bond donors (Lipinski definition) is 0. The molecule has 0 aliphatic rings. The molecule has 0 unspecified atom stereocenters. The number of rotatable bonds is 6. The summed E-state index contributed by atoms with van der Waals surface area (Å²) in [4.78, 5) is 18.3. The number of likely N-dealkylation sites (N-methyl/N-ethyl adjacent to an activating group) is 1. The highest BCUT2D eigenvalue weighted by atomic mass is 16.2. The maximum atomic E-state index is 12.4. The molecule has 3 aromatic rings. The third-order valence-electron chi connectivity index (χ3n) is 4.19. The van der Waals surface area contributed by atoms with Gasteiger partial charge in [0.25, 0.3) is 0 Å². The van der Waals surface area contributed by atoms with Crippen LogP contribution in [0.2, 0.25) is 0 Å². The Hall–Kier alpha value is -3.39. The second-order valence-electron chi connectivity index (χ2n) is 6.05. The summed E-state index contributed by atoms with van der Waals surface area (Å²) in [6, 6.07) is 15.8. The Morgan fingerprint density at radius 2 is 2.08 bits per heavy atom. The molecule has 0 atom stereocenters. The minimum Gasteiger partial charge on any atom is -0.346 e. The lowest BCUT2D eigenvalue weighted by molar-refractivity contribution is -0.125. The number of aryl methyl sites for hydroxylation is 1. The van der Waals surface area contributed by atoms with Crippen LogP contribution in [0.4, 0.5) is 0 Å². The van der Waals surface area contributed by atoms with E-state index < -0.39 is 0 Å². The number of hydrogen-bond acceptors (Lipinski definition) is 3. The largest absolute Gasteiger partial charge is 0.346 e. The van der Waals surface area contributed by atoms with Crippen LogP contribution in [0.3, 0.4) is 0 Å². The van der Waals surface area contributed by atoms with Crippen molar-refractivity contribution in [2.24, 2.45) is 0 Å². The Morgan fingerprint density at radius 1 is 1.27 bits per heavy atom. The van der Waals surface area contributed by atoms with Gasteiger partial charge in [-0.1, -0.05) is 24.3 Å². The molecule has 3 rings (SSSR count). The van der Waals surface area contributed by atoms with Crippen molar-refractivity contribution in [1.29, 1.82) is 5.26 Å². The van der Waals surface area contributed by atoms with E-state index in [0.29, 0.717) is 19.5 Å². The molecular formula is C21H20N4O. The number of pyridine rings is 1. The zero-order chi connectivity index (χ0) is 18.4. The summed E-state index contributed by atoms with van der Waals surface area (Å²) in [6.07, 6.45) is 7.58. The summed E-state index contributed by atoms with van der Waals surface area (Å²) in [5.74, 6) is -0.0792. The predicted octanol–water partition coefficient (Wildman–Crippen LogP) is 3.62. The molecule has 0 N–H and O–H groups in total. The van der Waals surface area contributed by atoms with Crippen molar-refractivity contribution in [3.63, 3.8) is 0 Å². The number of nitrogens with zero attached hydrogens (tertiary/aromatic N) is 4. The molecule has 0 radical (unpaired) electrons. The quantitative estimate of drug-likeness (QED) is 0.642. The molecule has 26 heavy (non-hydrogen) atoms. The topological polar surface area (TPSA) is 61.9 Å². The van der Waals surface area contributed by atoms with Crippen LogP contribution in [-0.2, 0) is 17.9 Å². The van der Waals surface area contributed by atoms with Crippen molar-refractivity contribution >= 4 is 22.9 Å². The molecule has 0 fully saturated rings. The van der Waals surface area contributed by atoms with E-state index in [1.807, 2.05) is 54.7 Å². The van der Waals surface area contributed by atoms with Crippen LogP contribution in [0, 0.1) is 11.3 Å². The Labute approximate surface area is 152 Å². The number of para-hydroxylation sites is 1. The Kier molecular flexibility index (Phi) is 5.45. The van der Waals surface area contributed by atoms with Crippen molar-refractivity contribution in [2.45, 2.75) is 19.5 Å². The highest BCUT2D eigenvalue weighted by Gasteiger charge is 2.09. The molecule has 0 saturated carbocycles. The fourth-order valence-electron chi connectivity index (χ4n) is 2.86. The zero-order valence-electron chi connectivity index (χ0n) is 14.7. The molecule has 1 amide bonds. The van der Waals surface area contributed by atoms with E-state index in [1.165, 1.54) is 0 Å². The molecule has 5 heteroatoms. The molecule has 5 nitrogen and oxygen atoms in total. The lowest BCUT2D eigenvalue weighted by Crippen LogP contribution is -2.24. The number of benzene rings is 1. The average Bonchev–Trinajstić information content (AvgIpc) is 3.03. The first-order valence-electron chi connectivity index (χ1n) is 8.47. The summed E-state index contributed by atoms with van der Waals surface area (Å²) >= 11 is 0. The monoisotopic (exact) mass is 344 g/mol. The highest BCUT2D eigenvalue weighted by Crippen LogP contribution is 2.23. The van der Waals surface area contributed by atoms with E-state index in [9.17, 15) is 4.79 Å². The molecule has 130 valence electrons. The van der Waals surface area contributed by atoms with Gasteiger partial charge in [-0.15, -0.1) is 0 Å². The lowest BCUT2D eigenvalue weighted by Gasteiger charge is -2.14. The van der Waals surface area contributed by atoms with Gasteiger partial charge in [-0.3, -0.25) is 9.78 Å². The molecule has 2 heterocycles. The molecular weight excluding hydrogens is 324 g/mol. The predicted molar refractivity (Wildman–Crippen MR) is 102 cm³/mol. The van der Waals surface area contributed by atoms with Crippen LogP contribution in [0.5, 0.6) is 0 Å². The van der Waals surface area contributed by atoms with Crippen LogP contribution < -0.4 is 0 Å². The second-order valence-corrected chi connectivity index (χ2v) is 6.05. The van der Waals surface area contributed by atoms with Gasteiger partial charge in [-0.25, -0.2) is 0 Å². The van der Waals surface area contributed by atoms with E-state index >= 15 is 0 Å². The van der Waals surface area contributed by atoms with Crippen LogP contribution in [0.15, 0.2) is 60.9 Å². The molecule has 0 spiro atoms. The summed E-state index contributed by atoms with van der Waals surface area (Å²) in [7, 11) is 1.76. The SMILES string of the molecule is CN(Cc1ccccn1)C(=O)C=Cc1cn(CCC#N)c2ccccc12. The van der Waals surface area contributed by atoms with Gasteiger partial charge < -0.3 is 9.47 Å². The maximum Gasteiger partial charge on any atom is 0.246 e. The van der Waals surface area contributed by atoms with Crippen molar-refractivity contribution in [3.05, 3.63) is 72.2 Å². The fraction of sp³-hybridized carbons (Fsp3) is 0.190. The molecule has 1 aromatic carbocycles. The van der Waals surface area contributed by atoms with Gasteiger partial charge in [0.15, 0.2) is 0 Å².